The first-order chi connectivity index (χ1) is 13.3. The zero-order valence-electron chi connectivity index (χ0n) is 16.7. The maximum atomic E-state index is 11.5. The van der Waals surface area contributed by atoms with Crippen LogP contribution >= 0.6 is 11.8 Å². The van der Waals surface area contributed by atoms with Crippen molar-refractivity contribution in [2.75, 3.05) is 19.1 Å². The number of fused-ring (bicyclic) bond motifs is 1. The summed E-state index contributed by atoms with van der Waals surface area (Å²) in [6.07, 6.45) is 5.26. The summed E-state index contributed by atoms with van der Waals surface area (Å²) in [5.41, 5.74) is 5.96. The fraction of sp³-hybridized carbons (Fsp3) is 0.364. The van der Waals surface area contributed by atoms with Gasteiger partial charge in [0, 0.05) is 28.8 Å². The Labute approximate surface area is 171 Å². The maximum absolute atomic E-state index is 11.5. The van der Waals surface area contributed by atoms with Gasteiger partial charge in [0.2, 0.25) is 0 Å². The molecule has 3 rings (SSSR count). The molecule has 1 N–H and O–H groups in total. The lowest BCUT2D eigenvalue weighted by molar-refractivity contribution is 0.254. The van der Waals surface area contributed by atoms with Crippen molar-refractivity contribution in [1.82, 2.24) is 4.98 Å². The number of thioether (sulfide) groups is 1. The minimum absolute atomic E-state index is 0.0133. The highest BCUT2D eigenvalue weighted by Gasteiger charge is 2.26. The molecule has 28 heavy (non-hydrogen) atoms. The van der Waals surface area contributed by atoms with E-state index in [2.05, 4.69) is 66.8 Å². The number of aryl methyl sites for hydroxylation is 1. The third-order valence-electron chi connectivity index (χ3n) is 5.02. The van der Waals surface area contributed by atoms with Gasteiger partial charge in [-0.1, -0.05) is 55.0 Å². The average molecular weight is 418 g/mol. The van der Waals surface area contributed by atoms with E-state index in [4.69, 9.17) is 4.18 Å². The number of aromatic nitrogens is 1. The van der Waals surface area contributed by atoms with Gasteiger partial charge in [-0.05, 0) is 35.8 Å². The van der Waals surface area contributed by atoms with Crippen LogP contribution in [0.3, 0.4) is 0 Å². The summed E-state index contributed by atoms with van der Waals surface area (Å²) >= 11 is 1.80. The Kier molecular flexibility index (Phi) is 6.53. The fourth-order valence-electron chi connectivity index (χ4n) is 3.69. The van der Waals surface area contributed by atoms with Gasteiger partial charge in [-0.15, -0.1) is 0 Å². The summed E-state index contributed by atoms with van der Waals surface area (Å²) < 4.78 is 28.2. The van der Waals surface area contributed by atoms with Gasteiger partial charge >= 0.3 is 0 Å². The number of H-pyrrole nitrogens is 1. The summed E-state index contributed by atoms with van der Waals surface area (Å²) in [5, 5.41) is 1.18. The molecular weight excluding hydrogens is 390 g/mol. The van der Waals surface area contributed by atoms with E-state index in [1.165, 1.54) is 22.1 Å². The van der Waals surface area contributed by atoms with Crippen LogP contribution < -0.4 is 0 Å². The molecule has 1 heterocycles. The number of benzene rings is 2. The SMILES string of the molecule is CSCc1cccc2c(C(c3ccc(C)cc3)C(C)COS(C)(=O)=O)c[nH]c12. The van der Waals surface area contributed by atoms with Crippen molar-refractivity contribution in [3.05, 3.63) is 70.9 Å². The van der Waals surface area contributed by atoms with Gasteiger partial charge in [-0.2, -0.15) is 20.2 Å². The average Bonchev–Trinajstić information content (AvgIpc) is 3.06. The zero-order valence-corrected chi connectivity index (χ0v) is 18.4. The van der Waals surface area contributed by atoms with Crippen LogP contribution in [0.15, 0.2) is 48.7 Å². The highest BCUT2D eigenvalue weighted by atomic mass is 32.2. The van der Waals surface area contributed by atoms with E-state index in [0.717, 1.165) is 23.1 Å². The van der Waals surface area contributed by atoms with E-state index in [1.54, 1.807) is 11.8 Å². The van der Waals surface area contributed by atoms with Crippen LogP contribution in [-0.2, 0) is 20.1 Å². The van der Waals surface area contributed by atoms with Gasteiger partial charge in [-0.3, -0.25) is 4.18 Å². The highest BCUT2D eigenvalue weighted by molar-refractivity contribution is 7.97. The molecule has 0 saturated carbocycles. The molecule has 0 radical (unpaired) electrons. The molecule has 3 aromatic rings. The van der Waals surface area contributed by atoms with Gasteiger partial charge < -0.3 is 4.98 Å². The van der Waals surface area contributed by atoms with Crippen LogP contribution in [0.2, 0.25) is 0 Å². The summed E-state index contributed by atoms with van der Waals surface area (Å²) in [6.45, 7) is 4.25. The molecule has 150 valence electrons. The van der Waals surface area contributed by atoms with E-state index < -0.39 is 10.1 Å². The molecule has 0 bridgehead atoms. The third-order valence-corrected chi connectivity index (χ3v) is 6.18. The first-order valence-electron chi connectivity index (χ1n) is 9.29. The van der Waals surface area contributed by atoms with E-state index in [9.17, 15) is 8.42 Å². The normalized spacial score (nSPS) is 14.3. The Balaban J connectivity index is 2.07. The van der Waals surface area contributed by atoms with Crippen LogP contribution in [-0.4, -0.2) is 32.5 Å². The van der Waals surface area contributed by atoms with Crippen molar-refractivity contribution in [1.29, 1.82) is 0 Å². The predicted octanol–water partition coefficient (Wildman–Crippen LogP) is 5.08. The van der Waals surface area contributed by atoms with Crippen LogP contribution in [0.5, 0.6) is 0 Å². The quantitative estimate of drug-likeness (QED) is 0.519. The molecule has 0 amide bonds. The minimum Gasteiger partial charge on any atom is -0.361 e. The molecule has 6 heteroatoms. The number of hydrogen-bond acceptors (Lipinski definition) is 4. The Morgan fingerprint density at radius 2 is 1.86 bits per heavy atom. The van der Waals surface area contributed by atoms with Gasteiger partial charge in [0.05, 0.1) is 12.9 Å². The molecule has 0 aliphatic rings. The van der Waals surface area contributed by atoms with Crippen LogP contribution in [0, 0.1) is 12.8 Å². The summed E-state index contributed by atoms with van der Waals surface area (Å²) in [4.78, 5) is 3.46. The predicted molar refractivity (Wildman–Crippen MR) is 118 cm³/mol. The van der Waals surface area contributed by atoms with E-state index in [0.29, 0.717) is 0 Å². The summed E-state index contributed by atoms with van der Waals surface area (Å²) in [6, 6.07) is 14.8. The number of nitrogens with one attached hydrogen (secondary N) is 1. The molecule has 1 aromatic heterocycles. The van der Waals surface area contributed by atoms with E-state index >= 15 is 0 Å². The molecule has 0 saturated heterocycles. The molecule has 2 aromatic carbocycles. The Bertz CT molecular complexity index is 1040. The lowest BCUT2D eigenvalue weighted by atomic mass is 9.81. The Hall–Kier alpha value is -1.76. The topological polar surface area (TPSA) is 59.2 Å². The highest BCUT2D eigenvalue weighted by Crippen LogP contribution is 2.38. The van der Waals surface area contributed by atoms with Gasteiger partial charge in [0.25, 0.3) is 10.1 Å². The largest absolute Gasteiger partial charge is 0.361 e. The molecule has 0 spiro atoms. The van der Waals surface area contributed by atoms with Crippen molar-refractivity contribution in [2.24, 2.45) is 5.92 Å². The van der Waals surface area contributed by atoms with Gasteiger partial charge in [0.1, 0.15) is 0 Å². The van der Waals surface area contributed by atoms with Crippen molar-refractivity contribution < 1.29 is 12.6 Å². The zero-order chi connectivity index (χ0) is 20.3. The molecule has 0 fully saturated rings. The van der Waals surface area contributed by atoms with E-state index in [-0.39, 0.29) is 18.4 Å². The first-order valence-corrected chi connectivity index (χ1v) is 12.5. The molecule has 0 aliphatic heterocycles. The molecule has 2 atom stereocenters. The summed E-state index contributed by atoms with van der Waals surface area (Å²) in [5.74, 6) is 0.959. The monoisotopic (exact) mass is 417 g/mol. The number of hydrogen-bond donors (Lipinski definition) is 1. The van der Waals surface area contributed by atoms with E-state index in [1.807, 2.05) is 6.92 Å². The molecule has 0 aliphatic carbocycles. The van der Waals surface area contributed by atoms with Gasteiger partial charge in [0.15, 0.2) is 0 Å². The molecular formula is C22H27NO3S2. The third kappa shape index (κ3) is 4.80. The van der Waals surface area contributed by atoms with Crippen LogP contribution in [0.1, 0.15) is 35.1 Å². The number of para-hydroxylation sites is 1. The number of aromatic amines is 1. The minimum atomic E-state index is -3.48. The second-order valence-corrected chi connectivity index (χ2v) is 9.88. The molecule has 2 unspecified atom stereocenters. The second kappa shape index (κ2) is 8.72. The fourth-order valence-corrected chi connectivity index (χ4v) is 4.70. The lowest BCUT2D eigenvalue weighted by Crippen LogP contribution is -2.19. The Morgan fingerprint density at radius 3 is 2.50 bits per heavy atom. The van der Waals surface area contributed by atoms with Crippen molar-refractivity contribution in [3.63, 3.8) is 0 Å². The summed E-state index contributed by atoms with van der Waals surface area (Å²) in [7, 11) is -3.48. The van der Waals surface area contributed by atoms with Crippen molar-refractivity contribution in [3.8, 4) is 0 Å². The second-order valence-electron chi connectivity index (χ2n) is 7.37. The smallest absolute Gasteiger partial charge is 0.264 e. The number of rotatable bonds is 8. The maximum Gasteiger partial charge on any atom is 0.264 e. The van der Waals surface area contributed by atoms with Crippen LogP contribution in [0.25, 0.3) is 10.9 Å². The molecule has 4 nitrogen and oxygen atoms in total. The van der Waals surface area contributed by atoms with Crippen LogP contribution in [0.4, 0.5) is 0 Å². The first kappa shape index (κ1) is 21.0. The van der Waals surface area contributed by atoms with Crippen molar-refractivity contribution in [2.45, 2.75) is 25.5 Å². The Morgan fingerprint density at radius 1 is 1.14 bits per heavy atom. The van der Waals surface area contributed by atoms with Gasteiger partial charge in [-0.25, -0.2) is 0 Å². The standard InChI is InChI=1S/C22H27NO3S2/c1-15-8-10-17(11-9-15)21(16(2)13-26-28(4,24)25)20-12-23-22-18(14-27-3)6-5-7-19(20)22/h5-12,16,21,23H,13-14H2,1-4H3. The van der Waals surface area contributed by atoms with Crippen molar-refractivity contribution >= 4 is 32.8 Å². The lowest BCUT2D eigenvalue weighted by Gasteiger charge is -2.24.